The van der Waals surface area contributed by atoms with Crippen molar-refractivity contribution in [2.45, 2.75) is 76.1 Å². The van der Waals surface area contributed by atoms with Crippen molar-refractivity contribution in [3.05, 3.63) is 47.5 Å². The average molecular weight is 542 g/mol. The zero-order valence-electron chi connectivity index (χ0n) is 20.8. The summed E-state index contributed by atoms with van der Waals surface area (Å²) in [5, 5.41) is 5.08. The fraction of sp³-hybridized carbons (Fsp3) is 0.520. The maximum atomic E-state index is 13.4. The lowest BCUT2D eigenvalue weighted by Gasteiger charge is -2.40. The Morgan fingerprint density at radius 2 is 1.79 bits per heavy atom. The molecule has 4 heterocycles. The highest BCUT2D eigenvalue weighted by Gasteiger charge is 2.43. The lowest BCUT2D eigenvalue weighted by Crippen LogP contribution is -2.55. The number of anilines is 1. The number of carbonyl (C=O) groups is 2. The fourth-order valence-electron chi connectivity index (χ4n) is 4.95. The Hall–Kier alpha value is -3.51. The molecule has 13 heteroatoms. The minimum Gasteiger partial charge on any atom is -0.461 e. The van der Waals surface area contributed by atoms with Crippen molar-refractivity contribution < 1.29 is 36.3 Å². The summed E-state index contributed by atoms with van der Waals surface area (Å²) in [6.45, 7) is 2.12. The Bertz CT molecular complexity index is 1150. The van der Waals surface area contributed by atoms with Gasteiger partial charge in [0.1, 0.15) is 11.6 Å². The van der Waals surface area contributed by atoms with Crippen molar-refractivity contribution in [1.29, 1.82) is 0 Å². The molecule has 2 aliphatic heterocycles. The number of hydrogen-bond donors (Lipinski definition) is 2. The molecule has 1 unspecified atom stereocenters. The minimum absolute atomic E-state index is 0.0679. The van der Waals surface area contributed by atoms with Crippen LogP contribution in [0.15, 0.2) is 30.6 Å². The van der Waals surface area contributed by atoms with Crippen molar-refractivity contribution in [1.82, 2.24) is 20.6 Å². The van der Waals surface area contributed by atoms with Gasteiger partial charge in [-0.1, -0.05) is 0 Å². The summed E-state index contributed by atoms with van der Waals surface area (Å²) >= 11 is 0. The fourth-order valence-corrected chi connectivity index (χ4v) is 4.95. The largest absolute Gasteiger partial charge is 0.461 e. The maximum Gasteiger partial charge on any atom is 0.269 e. The summed E-state index contributed by atoms with van der Waals surface area (Å²) in [7, 11) is 0. The Labute approximate surface area is 216 Å². The van der Waals surface area contributed by atoms with Crippen LogP contribution in [-0.4, -0.2) is 58.5 Å². The molecule has 2 aliphatic rings. The highest BCUT2D eigenvalue weighted by Crippen LogP contribution is 2.39. The smallest absolute Gasteiger partial charge is 0.269 e. The summed E-state index contributed by atoms with van der Waals surface area (Å²) < 4.78 is 70.2. The first kappa shape index (κ1) is 27.5. The summed E-state index contributed by atoms with van der Waals surface area (Å²) in [5.41, 5.74) is -2.11. The quantitative estimate of drug-likeness (QED) is 0.466. The molecule has 38 heavy (non-hydrogen) atoms. The summed E-state index contributed by atoms with van der Waals surface area (Å²) in [5.74, 6) is -1.93. The molecule has 2 aromatic heterocycles. The first-order chi connectivity index (χ1) is 17.9. The van der Waals surface area contributed by atoms with Crippen LogP contribution >= 0.6 is 0 Å². The second-order valence-electron chi connectivity index (χ2n) is 9.90. The van der Waals surface area contributed by atoms with Gasteiger partial charge < -0.3 is 20.3 Å². The molecule has 2 amide bonds. The van der Waals surface area contributed by atoms with E-state index in [4.69, 9.17) is 4.74 Å². The molecule has 0 spiro atoms. The minimum atomic E-state index is -3.03. The third-order valence-corrected chi connectivity index (χ3v) is 6.74. The van der Waals surface area contributed by atoms with E-state index in [9.17, 15) is 31.5 Å². The number of piperidine rings is 1. The third-order valence-electron chi connectivity index (χ3n) is 6.74. The molecule has 2 aromatic rings. The number of fused-ring (bicyclic) bond motifs is 2. The van der Waals surface area contributed by atoms with Crippen LogP contribution in [0.25, 0.3) is 0 Å². The van der Waals surface area contributed by atoms with Crippen molar-refractivity contribution >= 4 is 17.6 Å². The summed E-state index contributed by atoms with van der Waals surface area (Å²) in [6, 6.07) is 3.78. The molecule has 0 saturated carbocycles. The number of ether oxygens (including phenoxy) is 1. The molecule has 2 fully saturated rings. The number of carbonyl (C=O) groups excluding carboxylic acids is 2. The Balaban J connectivity index is 1.37. The number of alkyl halides is 4. The number of nitrogens with zero attached hydrogens (tertiary/aromatic N) is 3. The molecule has 4 rings (SSSR count). The number of rotatable bonds is 9. The van der Waals surface area contributed by atoms with E-state index in [0.29, 0.717) is 24.7 Å². The maximum absolute atomic E-state index is 13.4. The van der Waals surface area contributed by atoms with Crippen molar-refractivity contribution in [3.63, 3.8) is 0 Å². The SMILES string of the molecule is CC(C)(Oc1ncc(F)cc1C(F)F)C(=O)NC1C[C@H]2CC[C@@H](C1)N2c1ccc(C(=O)NCC(F)F)cn1. The van der Waals surface area contributed by atoms with E-state index in [1.54, 1.807) is 6.07 Å². The van der Waals surface area contributed by atoms with Gasteiger partial charge in [-0.05, 0) is 57.7 Å². The monoisotopic (exact) mass is 541 g/mol. The Morgan fingerprint density at radius 3 is 2.37 bits per heavy atom. The molecule has 0 aliphatic carbocycles. The van der Waals surface area contributed by atoms with Gasteiger partial charge in [0.15, 0.2) is 5.60 Å². The average Bonchev–Trinajstić information content (AvgIpc) is 3.13. The number of nitrogens with one attached hydrogen (secondary N) is 2. The molecule has 3 atom stereocenters. The van der Waals surface area contributed by atoms with Crippen LogP contribution in [0.3, 0.4) is 0 Å². The van der Waals surface area contributed by atoms with Gasteiger partial charge in [-0.15, -0.1) is 0 Å². The van der Waals surface area contributed by atoms with Crippen LogP contribution in [0.4, 0.5) is 27.8 Å². The van der Waals surface area contributed by atoms with Gasteiger partial charge >= 0.3 is 0 Å². The van der Waals surface area contributed by atoms with E-state index in [-0.39, 0.29) is 23.7 Å². The van der Waals surface area contributed by atoms with E-state index < -0.39 is 54.1 Å². The summed E-state index contributed by atoms with van der Waals surface area (Å²) in [6.07, 6.45) is -0.628. The van der Waals surface area contributed by atoms with Crippen LogP contribution < -0.4 is 20.3 Å². The number of halogens is 5. The van der Waals surface area contributed by atoms with E-state index in [0.717, 1.165) is 19.0 Å². The standard InChI is InChI=1S/C25H28F5N5O3/c1-25(2,38-23-18(21(29)30)7-14(26)11-33-23)24(37)34-15-8-16-4-5-17(9-15)35(16)20-6-3-13(10-31-20)22(36)32-12-19(27)28/h3,6-7,10-11,15-17,19,21H,4-5,8-9,12H2,1-2H3,(H,32,36)(H,34,37)/t15?,16-,17+. The van der Waals surface area contributed by atoms with E-state index >= 15 is 0 Å². The topological polar surface area (TPSA) is 96.5 Å². The van der Waals surface area contributed by atoms with Crippen LogP contribution in [-0.2, 0) is 4.79 Å². The number of aromatic nitrogens is 2. The number of hydrogen-bond acceptors (Lipinski definition) is 6. The van der Waals surface area contributed by atoms with Gasteiger partial charge in [0, 0.05) is 24.3 Å². The molecule has 206 valence electrons. The normalized spacial score (nSPS) is 21.1. The predicted octanol–water partition coefficient (Wildman–Crippen LogP) is 4.02. The molecular weight excluding hydrogens is 513 g/mol. The lowest BCUT2D eigenvalue weighted by atomic mass is 9.96. The Morgan fingerprint density at radius 1 is 1.11 bits per heavy atom. The first-order valence-electron chi connectivity index (χ1n) is 12.2. The van der Waals surface area contributed by atoms with Crippen molar-refractivity contribution in [3.8, 4) is 5.88 Å². The molecular formula is C25H28F5N5O3. The number of amides is 2. The third kappa shape index (κ3) is 6.13. The zero-order valence-corrected chi connectivity index (χ0v) is 20.8. The highest BCUT2D eigenvalue weighted by molar-refractivity contribution is 5.94. The van der Waals surface area contributed by atoms with Gasteiger partial charge in [0.05, 0.1) is 23.9 Å². The van der Waals surface area contributed by atoms with Gasteiger partial charge in [-0.3, -0.25) is 9.59 Å². The van der Waals surface area contributed by atoms with Gasteiger partial charge in [-0.2, -0.15) is 0 Å². The molecule has 2 bridgehead atoms. The molecule has 8 nitrogen and oxygen atoms in total. The van der Waals surface area contributed by atoms with E-state index in [1.807, 2.05) is 0 Å². The van der Waals surface area contributed by atoms with Crippen molar-refractivity contribution in [2.75, 3.05) is 11.4 Å². The first-order valence-corrected chi connectivity index (χ1v) is 12.2. The van der Waals surface area contributed by atoms with E-state index in [1.165, 1.54) is 26.1 Å². The van der Waals surface area contributed by atoms with Crippen LogP contribution in [0, 0.1) is 5.82 Å². The van der Waals surface area contributed by atoms with Crippen LogP contribution in [0.2, 0.25) is 0 Å². The zero-order chi connectivity index (χ0) is 27.6. The molecule has 0 aromatic carbocycles. The predicted molar refractivity (Wildman–Crippen MR) is 127 cm³/mol. The molecule has 0 radical (unpaired) electrons. The highest BCUT2D eigenvalue weighted by atomic mass is 19.3. The van der Waals surface area contributed by atoms with Gasteiger partial charge in [0.2, 0.25) is 5.88 Å². The van der Waals surface area contributed by atoms with Gasteiger partial charge in [0.25, 0.3) is 24.7 Å². The number of pyridine rings is 2. The van der Waals surface area contributed by atoms with Gasteiger partial charge in [-0.25, -0.2) is 31.9 Å². The van der Waals surface area contributed by atoms with E-state index in [2.05, 4.69) is 25.5 Å². The van der Waals surface area contributed by atoms with Crippen LogP contribution in [0.1, 0.15) is 61.9 Å². The Kier molecular flexibility index (Phi) is 8.02. The summed E-state index contributed by atoms with van der Waals surface area (Å²) in [4.78, 5) is 35.1. The second-order valence-corrected chi connectivity index (χ2v) is 9.90. The van der Waals surface area contributed by atoms with Crippen molar-refractivity contribution in [2.24, 2.45) is 0 Å². The second kappa shape index (κ2) is 11.1. The van der Waals surface area contributed by atoms with Crippen LogP contribution in [0.5, 0.6) is 5.88 Å². The lowest BCUT2D eigenvalue weighted by molar-refractivity contribution is -0.135. The molecule has 2 N–H and O–H groups in total. The molecule has 2 saturated heterocycles.